The van der Waals surface area contributed by atoms with Crippen molar-refractivity contribution in [2.24, 2.45) is 0 Å². The molecule has 0 radical (unpaired) electrons. The highest BCUT2D eigenvalue weighted by Crippen LogP contribution is 2.27. The summed E-state index contributed by atoms with van der Waals surface area (Å²) in [6.45, 7) is 4.20. The molecule has 3 rings (SSSR count). The van der Waals surface area contributed by atoms with Gasteiger partial charge >= 0.3 is 0 Å². The Balaban J connectivity index is 1.96. The molecule has 0 spiro atoms. The van der Waals surface area contributed by atoms with Gasteiger partial charge in [-0.1, -0.05) is 37.3 Å². The van der Waals surface area contributed by atoms with Crippen LogP contribution in [0.5, 0.6) is 0 Å². The van der Waals surface area contributed by atoms with Gasteiger partial charge in [-0.2, -0.15) is 4.98 Å². The molecule has 0 amide bonds. The third-order valence-corrected chi connectivity index (χ3v) is 6.64. The normalized spacial score (nSPS) is 19.9. The van der Waals surface area contributed by atoms with E-state index in [2.05, 4.69) is 29.1 Å². The Labute approximate surface area is 155 Å². The van der Waals surface area contributed by atoms with E-state index >= 15 is 0 Å². The summed E-state index contributed by atoms with van der Waals surface area (Å²) >= 11 is 0. The fourth-order valence-electron chi connectivity index (χ4n) is 3.03. The lowest BCUT2D eigenvalue weighted by atomic mass is 10.1. The van der Waals surface area contributed by atoms with Crippen molar-refractivity contribution < 1.29 is 8.42 Å². The average Bonchev–Trinajstić information content (AvgIpc) is 3.01. The third kappa shape index (κ3) is 4.33. The Morgan fingerprint density at radius 1 is 1.27 bits per heavy atom. The fraction of sp³-hybridized carbons (Fsp3) is 0.474. The van der Waals surface area contributed by atoms with E-state index in [1.54, 1.807) is 0 Å². The lowest BCUT2D eigenvalue weighted by Gasteiger charge is -2.25. The van der Waals surface area contributed by atoms with Crippen LogP contribution in [0.25, 0.3) is 11.3 Å². The first-order chi connectivity index (χ1) is 12.4. The number of hydrogen-bond acceptors (Lipinski definition) is 6. The van der Waals surface area contributed by atoms with Crippen LogP contribution in [0.2, 0.25) is 0 Å². The van der Waals surface area contributed by atoms with Gasteiger partial charge in [0.25, 0.3) is 0 Å². The van der Waals surface area contributed by atoms with Crippen LogP contribution in [0, 0.1) is 0 Å². The van der Waals surface area contributed by atoms with Crippen molar-refractivity contribution >= 4 is 21.6 Å². The number of aromatic nitrogens is 2. The van der Waals surface area contributed by atoms with Crippen molar-refractivity contribution in [1.82, 2.24) is 9.97 Å². The molecule has 1 aromatic carbocycles. The number of anilines is 2. The maximum atomic E-state index is 11.8. The first-order valence-electron chi connectivity index (χ1n) is 9.02. The number of sulfone groups is 1. The lowest BCUT2D eigenvalue weighted by Crippen LogP contribution is -2.33. The molecule has 6 nitrogen and oxygen atoms in total. The van der Waals surface area contributed by atoms with Crippen molar-refractivity contribution in [3.05, 3.63) is 36.4 Å². The van der Waals surface area contributed by atoms with Crippen LogP contribution in [0.1, 0.15) is 26.7 Å². The zero-order chi connectivity index (χ0) is 18.7. The topological polar surface area (TPSA) is 75.2 Å². The number of nitrogens with one attached hydrogen (secondary N) is 1. The number of benzene rings is 1. The van der Waals surface area contributed by atoms with Gasteiger partial charge in [-0.25, -0.2) is 13.4 Å². The summed E-state index contributed by atoms with van der Waals surface area (Å²) in [6.07, 6.45) is 1.60. The average molecular weight is 375 g/mol. The van der Waals surface area contributed by atoms with E-state index in [9.17, 15) is 8.42 Å². The Hall–Kier alpha value is -2.15. The maximum absolute atomic E-state index is 11.8. The molecular weight excluding hydrogens is 348 g/mol. The molecule has 2 unspecified atom stereocenters. The van der Waals surface area contributed by atoms with Crippen LogP contribution in [0.4, 0.5) is 11.8 Å². The molecule has 0 aliphatic carbocycles. The molecule has 1 N–H and O–H groups in total. The summed E-state index contributed by atoms with van der Waals surface area (Å²) in [6, 6.07) is 12.1. The van der Waals surface area contributed by atoms with Crippen molar-refractivity contribution in [3.63, 3.8) is 0 Å². The molecule has 2 aromatic rings. The highest BCUT2D eigenvalue weighted by Gasteiger charge is 2.31. The van der Waals surface area contributed by atoms with E-state index in [-0.39, 0.29) is 23.6 Å². The van der Waals surface area contributed by atoms with Gasteiger partial charge in [-0.3, -0.25) is 0 Å². The predicted octanol–water partition coefficient (Wildman–Crippen LogP) is 2.98. The molecule has 7 heteroatoms. The largest absolute Gasteiger partial charge is 0.355 e. The monoisotopic (exact) mass is 374 g/mol. The van der Waals surface area contributed by atoms with Gasteiger partial charge in [-0.15, -0.1) is 0 Å². The van der Waals surface area contributed by atoms with Crippen molar-refractivity contribution in [2.75, 3.05) is 28.8 Å². The summed E-state index contributed by atoms with van der Waals surface area (Å²) in [5.41, 5.74) is 1.84. The van der Waals surface area contributed by atoms with E-state index < -0.39 is 9.84 Å². The van der Waals surface area contributed by atoms with Crippen LogP contribution in [-0.4, -0.2) is 49.0 Å². The molecule has 1 aliphatic rings. The summed E-state index contributed by atoms with van der Waals surface area (Å²) in [4.78, 5) is 11.3. The van der Waals surface area contributed by atoms with Crippen molar-refractivity contribution in [1.29, 1.82) is 0 Å². The second-order valence-electron chi connectivity index (χ2n) is 6.92. The molecule has 26 heavy (non-hydrogen) atoms. The maximum Gasteiger partial charge on any atom is 0.225 e. The fourth-order valence-corrected chi connectivity index (χ4v) is 4.80. The smallest absolute Gasteiger partial charge is 0.225 e. The molecule has 1 saturated heterocycles. The van der Waals surface area contributed by atoms with Crippen LogP contribution in [0.15, 0.2) is 36.4 Å². The van der Waals surface area contributed by atoms with Gasteiger partial charge in [0.1, 0.15) is 5.82 Å². The highest BCUT2D eigenvalue weighted by molar-refractivity contribution is 7.91. The molecule has 2 atom stereocenters. The minimum absolute atomic E-state index is 0.0463. The Morgan fingerprint density at radius 2 is 2.00 bits per heavy atom. The van der Waals surface area contributed by atoms with E-state index in [1.165, 1.54) is 0 Å². The van der Waals surface area contributed by atoms with Gasteiger partial charge < -0.3 is 10.2 Å². The molecular formula is C19H26N4O2S. The van der Waals surface area contributed by atoms with E-state index in [4.69, 9.17) is 0 Å². The van der Waals surface area contributed by atoms with Crippen LogP contribution < -0.4 is 10.2 Å². The number of hydrogen-bond donors (Lipinski definition) is 1. The first-order valence-corrected chi connectivity index (χ1v) is 10.8. The molecule has 1 aromatic heterocycles. The zero-order valence-corrected chi connectivity index (χ0v) is 16.3. The summed E-state index contributed by atoms with van der Waals surface area (Å²) in [7, 11) is -1.03. The SMILES string of the molecule is CCC(C)Nc1nc(-c2ccccc2)cc(N(C)C2CCS(=O)(=O)C2)n1. The quantitative estimate of drug-likeness (QED) is 0.838. The molecule has 1 aliphatic heterocycles. The minimum Gasteiger partial charge on any atom is -0.355 e. The minimum atomic E-state index is -2.94. The number of nitrogens with zero attached hydrogens (tertiary/aromatic N) is 3. The van der Waals surface area contributed by atoms with Crippen LogP contribution in [-0.2, 0) is 9.84 Å². The molecule has 140 valence electrons. The van der Waals surface area contributed by atoms with E-state index in [1.807, 2.05) is 48.3 Å². The summed E-state index contributed by atoms with van der Waals surface area (Å²) in [5, 5.41) is 3.34. The Morgan fingerprint density at radius 3 is 2.62 bits per heavy atom. The van der Waals surface area contributed by atoms with Gasteiger partial charge in [0.05, 0.1) is 17.2 Å². The van der Waals surface area contributed by atoms with Gasteiger partial charge in [0, 0.05) is 30.8 Å². The predicted molar refractivity (Wildman–Crippen MR) is 106 cm³/mol. The standard InChI is InChI=1S/C19H26N4O2S/c1-4-14(2)20-19-21-17(15-8-6-5-7-9-15)12-18(22-19)23(3)16-10-11-26(24,25)13-16/h5-9,12,14,16H,4,10-11,13H2,1-3H3,(H,20,21,22). The highest BCUT2D eigenvalue weighted by atomic mass is 32.2. The molecule has 2 heterocycles. The summed E-state index contributed by atoms with van der Waals surface area (Å²) in [5.74, 6) is 1.74. The molecule has 0 bridgehead atoms. The Bertz CT molecular complexity index is 855. The van der Waals surface area contributed by atoms with Crippen molar-refractivity contribution in [2.45, 2.75) is 38.8 Å². The van der Waals surface area contributed by atoms with Crippen LogP contribution >= 0.6 is 0 Å². The van der Waals surface area contributed by atoms with E-state index in [0.29, 0.717) is 12.4 Å². The second-order valence-corrected chi connectivity index (χ2v) is 9.15. The van der Waals surface area contributed by atoms with Crippen molar-refractivity contribution in [3.8, 4) is 11.3 Å². The third-order valence-electron chi connectivity index (χ3n) is 4.89. The van der Waals surface area contributed by atoms with Gasteiger partial charge in [0.15, 0.2) is 9.84 Å². The second kappa shape index (κ2) is 7.61. The zero-order valence-electron chi connectivity index (χ0n) is 15.5. The summed E-state index contributed by atoms with van der Waals surface area (Å²) < 4.78 is 23.7. The van der Waals surface area contributed by atoms with Crippen LogP contribution in [0.3, 0.4) is 0 Å². The Kier molecular flexibility index (Phi) is 5.46. The molecule has 0 saturated carbocycles. The van der Waals surface area contributed by atoms with Gasteiger partial charge in [-0.05, 0) is 19.8 Å². The van der Waals surface area contributed by atoms with Gasteiger partial charge in [0.2, 0.25) is 5.95 Å². The first kappa shape index (κ1) is 18.6. The number of rotatable bonds is 6. The lowest BCUT2D eigenvalue weighted by molar-refractivity contribution is 0.600. The van der Waals surface area contributed by atoms with E-state index in [0.717, 1.165) is 23.5 Å². The molecule has 1 fully saturated rings.